The van der Waals surface area contributed by atoms with Crippen LogP contribution in [0.25, 0.3) is 0 Å². The van der Waals surface area contributed by atoms with E-state index in [1.807, 2.05) is 12.1 Å². The summed E-state index contributed by atoms with van der Waals surface area (Å²) >= 11 is 0. The molecule has 0 saturated heterocycles. The zero-order chi connectivity index (χ0) is 19.9. The van der Waals surface area contributed by atoms with Crippen LogP contribution >= 0.6 is 0 Å². The molecule has 28 heavy (non-hydrogen) atoms. The summed E-state index contributed by atoms with van der Waals surface area (Å²) in [6.45, 7) is 0. The highest BCUT2D eigenvalue weighted by atomic mass is 16.5. The van der Waals surface area contributed by atoms with Crippen LogP contribution in [-0.4, -0.2) is 43.5 Å². The number of hydrogen-bond acceptors (Lipinski definition) is 7. The average molecular weight is 389 g/mol. The van der Waals surface area contributed by atoms with E-state index >= 15 is 0 Å². The van der Waals surface area contributed by atoms with E-state index < -0.39 is 0 Å². The molecule has 1 aliphatic rings. The first kappa shape index (κ1) is 20.0. The zero-order valence-corrected chi connectivity index (χ0v) is 16.6. The minimum Gasteiger partial charge on any atom is -0.493 e. The molecule has 0 radical (unpaired) electrons. The molecule has 0 aliphatic heterocycles. The van der Waals surface area contributed by atoms with Gasteiger partial charge in [-0.15, -0.1) is 10.2 Å². The standard InChI is InChI=1S/C20H27N3O5/c1-25-15-10-13(11-16(26-2)18(15)27-3)12-17-22-23-20(28-17)19(24)21-14-8-6-4-5-7-9-14/h10-11,14H,4-9,12H2,1-3H3,(H,21,24). The minimum absolute atomic E-state index is 0.00770. The maximum Gasteiger partial charge on any atom is 0.309 e. The Balaban J connectivity index is 1.69. The largest absolute Gasteiger partial charge is 0.493 e. The van der Waals surface area contributed by atoms with Crippen LogP contribution in [0.1, 0.15) is 60.7 Å². The number of hydrogen-bond donors (Lipinski definition) is 1. The Morgan fingerprint density at radius 3 is 2.25 bits per heavy atom. The van der Waals surface area contributed by atoms with Gasteiger partial charge in [-0.2, -0.15) is 0 Å². The molecule has 2 aromatic rings. The molecule has 1 N–H and O–H groups in total. The predicted molar refractivity (Wildman–Crippen MR) is 102 cm³/mol. The number of benzene rings is 1. The van der Waals surface area contributed by atoms with Crippen molar-refractivity contribution in [3.05, 3.63) is 29.5 Å². The van der Waals surface area contributed by atoms with Crippen LogP contribution in [0.2, 0.25) is 0 Å². The summed E-state index contributed by atoms with van der Waals surface area (Å²) in [6.07, 6.45) is 7.08. The van der Waals surface area contributed by atoms with Gasteiger partial charge >= 0.3 is 11.8 Å². The molecule has 1 aliphatic carbocycles. The Hall–Kier alpha value is -2.77. The molecule has 1 heterocycles. The summed E-state index contributed by atoms with van der Waals surface area (Å²) in [7, 11) is 4.67. The minimum atomic E-state index is -0.310. The molecule has 3 rings (SSSR count). The highest BCUT2D eigenvalue weighted by molar-refractivity contribution is 5.89. The molecule has 152 valence electrons. The number of carbonyl (C=O) groups is 1. The Morgan fingerprint density at radius 1 is 1.04 bits per heavy atom. The van der Waals surface area contributed by atoms with Gasteiger partial charge in [-0.3, -0.25) is 4.79 Å². The second-order valence-electron chi connectivity index (χ2n) is 6.87. The van der Waals surface area contributed by atoms with Crippen LogP contribution in [0, 0.1) is 0 Å². The zero-order valence-electron chi connectivity index (χ0n) is 16.6. The van der Waals surface area contributed by atoms with Gasteiger partial charge in [0.15, 0.2) is 11.5 Å². The first-order valence-corrected chi connectivity index (χ1v) is 9.56. The topological polar surface area (TPSA) is 95.7 Å². The van der Waals surface area contributed by atoms with E-state index in [2.05, 4.69) is 15.5 Å². The van der Waals surface area contributed by atoms with Gasteiger partial charge in [-0.25, -0.2) is 0 Å². The van der Waals surface area contributed by atoms with E-state index in [1.165, 1.54) is 12.8 Å². The maximum atomic E-state index is 12.4. The van der Waals surface area contributed by atoms with Crippen molar-refractivity contribution in [2.75, 3.05) is 21.3 Å². The van der Waals surface area contributed by atoms with Crippen LogP contribution < -0.4 is 19.5 Å². The van der Waals surface area contributed by atoms with Gasteiger partial charge in [0.1, 0.15) is 0 Å². The Morgan fingerprint density at radius 2 is 1.68 bits per heavy atom. The lowest BCUT2D eigenvalue weighted by Gasteiger charge is -2.14. The monoisotopic (exact) mass is 389 g/mol. The highest BCUT2D eigenvalue weighted by Crippen LogP contribution is 2.38. The Labute approximate surface area is 164 Å². The number of carbonyl (C=O) groups excluding carboxylic acids is 1. The van der Waals surface area contributed by atoms with Crippen molar-refractivity contribution in [2.45, 2.75) is 51.0 Å². The number of nitrogens with one attached hydrogen (secondary N) is 1. The molecule has 0 unspecified atom stereocenters. The number of ether oxygens (including phenoxy) is 3. The van der Waals surface area contributed by atoms with Gasteiger partial charge in [0.2, 0.25) is 11.6 Å². The Kier molecular flexibility index (Phi) is 6.73. The first-order valence-electron chi connectivity index (χ1n) is 9.56. The van der Waals surface area contributed by atoms with Crippen LogP contribution in [0.3, 0.4) is 0 Å². The summed E-state index contributed by atoms with van der Waals surface area (Å²) < 4.78 is 21.6. The van der Waals surface area contributed by atoms with Gasteiger partial charge in [0.05, 0.1) is 27.8 Å². The molecule has 1 aromatic heterocycles. The van der Waals surface area contributed by atoms with Gasteiger partial charge in [0, 0.05) is 6.04 Å². The molecule has 1 aromatic carbocycles. The normalized spacial score (nSPS) is 15.0. The van der Waals surface area contributed by atoms with E-state index in [0.29, 0.717) is 29.6 Å². The van der Waals surface area contributed by atoms with Crippen molar-refractivity contribution >= 4 is 5.91 Å². The second kappa shape index (κ2) is 9.43. The smallest absolute Gasteiger partial charge is 0.309 e. The lowest BCUT2D eigenvalue weighted by atomic mass is 10.1. The molecule has 0 spiro atoms. The summed E-state index contributed by atoms with van der Waals surface area (Å²) in [4.78, 5) is 12.4. The fourth-order valence-electron chi connectivity index (χ4n) is 3.50. The van der Waals surface area contributed by atoms with Gasteiger partial charge < -0.3 is 23.9 Å². The van der Waals surface area contributed by atoms with Crippen molar-refractivity contribution in [2.24, 2.45) is 0 Å². The van der Waals surface area contributed by atoms with Crippen LogP contribution in [0.15, 0.2) is 16.5 Å². The lowest BCUT2D eigenvalue weighted by molar-refractivity contribution is 0.0896. The third-order valence-corrected chi connectivity index (χ3v) is 4.93. The summed E-state index contributed by atoms with van der Waals surface area (Å²) in [5.74, 6) is 1.63. The third-order valence-electron chi connectivity index (χ3n) is 4.93. The molecule has 1 fully saturated rings. The second-order valence-corrected chi connectivity index (χ2v) is 6.87. The fraction of sp³-hybridized carbons (Fsp3) is 0.550. The number of rotatable bonds is 7. The van der Waals surface area contributed by atoms with Gasteiger partial charge in [-0.05, 0) is 30.5 Å². The van der Waals surface area contributed by atoms with Gasteiger partial charge in [0.25, 0.3) is 0 Å². The number of aromatic nitrogens is 2. The Bertz CT molecular complexity index is 772. The molecule has 0 bridgehead atoms. The predicted octanol–water partition coefficient (Wildman–Crippen LogP) is 3.14. The van der Waals surface area contributed by atoms with E-state index in [9.17, 15) is 4.79 Å². The SMILES string of the molecule is COc1cc(Cc2nnc(C(=O)NC3CCCCCC3)o2)cc(OC)c1OC. The lowest BCUT2D eigenvalue weighted by Crippen LogP contribution is -2.34. The molecular formula is C20H27N3O5. The van der Waals surface area contributed by atoms with E-state index in [-0.39, 0.29) is 17.8 Å². The van der Waals surface area contributed by atoms with Crippen molar-refractivity contribution in [1.29, 1.82) is 0 Å². The third kappa shape index (κ3) is 4.74. The summed E-state index contributed by atoms with van der Waals surface area (Å²) in [5.41, 5.74) is 0.842. The van der Waals surface area contributed by atoms with Crippen LogP contribution in [-0.2, 0) is 6.42 Å². The average Bonchev–Trinajstić information content (AvgIpc) is 3.02. The van der Waals surface area contributed by atoms with Crippen molar-refractivity contribution in [1.82, 2.24) is 15.5 Å². The highest BCUT2D eigenvalue weighted by Gasteiger charge is 2.21. The van der Waals surface area contributed by atoms with Crippen molar-refractivity contribution in [3.8, 4) is 17.2 Å². The molecule has 1 saturated carbocycles. The maximum absolute atomic E-state index is 12.4. The van der Waals surface area contributed by atoms with Crippen molar-refractivity contribution < 1.29 is 23.4 Å². The first-order chi connectivity index (χ1) is 13.6. The summed E-state index contributed by atoms with van der Waals surface area (Å²) in [6, 6.07) is 3.81. The number of nitrogens with zero attached hydrogens (tertiary/aromatic N) is 2. The van der Waals surface area contributed by atoms with Crippen LogP contribution in [0.4, 0.5) is 0 Å². The molecule has 1 amide bonds. The van der Waals surface area contributed by atoms with Gasteiger partial charge in [-0.1, -0.05) is 25.7 Å². The van der Waals surface area contributed by atoms with E-state index in [0.717, 1.165) is 31.2 Å². The number of amides is 1. The fourth-order valence-corrected chi connectivity index (χ4v) is 3.50. The molecule has 0 atom stereocenters. The number of methoxy groups -OCH3 is 3. The van der Waals surface area contributed by atoms with E-state index in [4.69, 9.17) is 18.6 Å². The van der Waals surface area contributed by atoms with E-state index in [1.54, 1.807) is 21.3 Å². The quantitative estimate of drug-likeness (QED) is 0.727. The molecule has 8 nitrogen and oxygen atoms in total. The van der Waals surface area contributed by atoms with Crippen molar-refractivity contribution in [3.63, 3.8) is 0 Å². The molecular weight excluding hydrogens is 362 g/mol. The summed E-state index contributed by atoms with van der Waals surface area (Å²) in [5, 5.41) is 10.9. The van der Waals surface area contributed by atoms with Crippen LogP contribution in [0.5, 0.6) is 17.2 Å². The molecule has 8 heteroatoms.